The van der Waals surface area contributed by atoms with E-state index in [0.717, 1.165) is 25.9 Å². The average molecular weight is 329 g/mol. The molecule has 3 aromatic rings. The van der Waals surface area contributed by atoms with Crippen LogP contribution in [0.1, 0.15) is 34.9 Å². The zero-order chi connectivity index (χ0) is 17.1. The van der Waals surface area contributed by atoms with E-state index in [4.69, 9.17) is 0 Å². The third-order valence-electron chi connectivity index (χ3n) is 5.86. The quantitative estimate of drug-likeness (QED) is 0.664. The largest absolute Gasteiger partial charge is 0.317 e. The maximum absolute atomic E-state index is 4.26. The second-order valence-corrected chi connectivity index (χ2v) is 7.54. The van der Waals surface area contributed by atoms with Gasteiger partial charge in [0.2, 0.25) is 0 Å². The van der Waals surface area contributed by atoms with Gasteiger partial charge in [0, 0.05) is 55.1 Å². The summed E-state index contributed by atoms with van der Waals surface area (Å²) in [6.45, 7) is 6.66. The van der Waals surface area contributed by atoms with Crippen molar-refractivity contribution < 1.29 is 0 Å². The fourth-order valence-electron chi connectivity index (χ4n) is 4.49. The molecule has 126 valence electrons. The van der Waals surface area contributed by atoms with Gasteiger partial charge >= 0.3 is 0 Å². The molecule has 5 rings (SSSR count). The SMILES string of the molecule is C/C(=C1/Cc2cnccc21)n1c2c(c3cc(C)ccc31)CN(C)CC2. The van der Waals surface area contributed by atoms with Crippen LogP contribution in [0.25, 0.3) is 22.2 Å². The van der Waals surface area contributed by atoms with Crippen LogP contribution in [0.3, 0.4) is 0 Å². The van der Waals surface area contributed by atoms with Crippen molar-refractivity contribution in [2.24, 2.45) is 0 Å². The normalized spacial score (nSPS) is 18.7. The molecule has 0 fully saturated rings. The van der Waals surface area contributed by atoms with Crippen LogP contribution in [0.4, 0.5) is 0 Å². The number of hydrogen-bond acceptors (Lipinski definition) is 2. The summed E-state index contributed by atoms with van der Waals surface area (Å²) in [6.07, 6.45) is 6.07. The molecule has 1 aliphatic carbocycles. The molecule has 3 heterocycles. The Labute approximate surface area is 148 Å². The highest BCUT2D eigenvalue weighted by Crippen LogP contribution is 2.41. The molecule has 1 aliphatic heterocycles. The maximum atomic E-state index is 4.26. The van der Waals surface area contributed by atoms with Crippen LogP contribution in [-0.2, 0) is 19.4 Å². The topological polar surface area (TPSA) is 21.1 Å². The van der Waals surface area contributed by atoms with Crippen molar-refractivity contribution in [2.45, 2.75) is 33.2 Å². The number of hydrogen-bond donors (Lipinski definition) is 0. The minimum Gasteiger partial charge on any atom is -0.317 e. The van der Waals surface area contributed by atoms with Crippen molar-refractivity contribution >= 4 is 22.2 Å². The summed E-state index contributed by atoms with van der Waals surface area (Å²) in [7, 11) is 2.22. The van der Waals surface area contributed by atoms with Gasteiger partial charge in [-0.25, -0.2) is 0 Å². The maximum Gasteiger partial charge on any atom is 0.0531 e. The van der Waals surface area contributed by atoms with E-state index in [9.17, 15) is 0 Å². The molecule has 0 radical (unpaired) electrons. The van der Waals surface area contributed by atoms with Gasteiger partial charge in [0.15, 0.2) is 0 Å². The van der Waals surface area contributed by atoms with E-state index in [1.165, 1.54) is 50.1 Å². The fourth-order valence-corrected chi connectivity index (χ4v) is 4.49. The van der Waals surface area contributed by atoms with Crippen molar-refractivity contribution in [1.82, 2.24) is 14.5 Å². The second kappa shape index (κ2) is 5.30. The molecule has 0 spiro atoms. The number of rotatable bonds is 1. The summed E-state index contributed by atoms with van der Waals surface area (Å²) in [5.41, 5.74) is 11.3. The fraction of sp³-hybridized carbons (Fsp3) is 0.318. The number of benzene rings is 1. The van der Waals surface area contributed by atoms with Crippen molar-refractivity contribution in [2.75, 3.05) is 13.6 Å². The van der Waals surface area contributed by atoms with E-state index in [-0.39, 0.29) is 0 Å². The molecule has 0 atom stereocenters. The van der Waals surface area contributed by atoms with Crippen LogP contribution in [0, 0.1) is 6.92 Å². The monoisotopic (exact) mass is 329 g/mol. The summed E-state index contributed by atoms with van der Waals surface area (Å²) >= 11 is 0. The molecule has 0 bridgehead atoms. The van der Waals surface area contributed by atoms with Gasteiger partial charge in [-0.2, -0.15) is 0 Å². The summed E-state index contributed by atoms with van der Waals surface area (Å²) in [5, 5.41) is 1.43. The van der Waals surface area contributed by atoms with Gasteiger partial charge in [0.1, 0.15) is 0 Å². The Morgan fingerprint density at radius 1 is 1.20 bits per heavy atom. The third-order valence-corrected chi connectivity index (χ3v) is 5.86. The molecule has 1 aromatic carbocycles. The lowest BCUT2D eigenvalue weighted by Crippen LogP contribution is -2.27. The van der Waals surface area contributed by atoms with E-state index < -0.39 is 0 Å². The van der Waals surface area contributed by atoms with Gasteiger partial charge in [-0.3, -0.25) is 4.98 Å². The zero-order valence-electron chi connectivity index (χ0n) is 15.1. The highest BCUT2D eigenvalue weighted by molar-refractivity contribution is 5.97. The van der Waals surface area contributed by atoms with Crippen LogP contribution in [0.15, 0.2) is 36.7 Å². The van der Waals surface area contributed by atoms with Crippen LogP contribution >= 0.6 is 0 Å². The summed E-state index contributed by atoms with van der Waals surface area (Å²) in [4.78, 5) is 6.69. The third kappa shape index (κ3) is 2.12. The highest BCUT2D eigenvalue weighted by atomic mass is 15.1. The molecule has 25 heavy (non-hydrogen) atoms. The number of aryl methyl sites for hydroxylation is 1. The lowest BCUT2D eigenvalue weighted by molar-refractivity contribution is 0.311. The Hall–Kier alpha value is -2.39. The Morgan fingerprint density at radius 3 is 2.92 bits per heavy atom. The van der Waals surface area contributed by atoms with Crippen molar-refractivity contribution in [3.8, 4) is 0 Å². The number of pyridine rings is 1. The van der Waals surface area contributed by atoms with Gasteiger partial charge in [0.05, 0.1) is 5.52 Å². The minimum atomic E-state index is 1.04. The summed E-state index contributed by atoms with van der Waals surface area (Å²) in [5.74, 6) is 0. The van der Waals surface area contributed by atoms with E-state index >= 15 is 0 Å². The molecular weight excluding hydrogens is 306 g/mol. The first kappa shape index (κ1) is 14.9. The molecule has 2 aliphatic rings. The van der Waals surface area contributed by atoms with Crippen molar-refractivity contribution in [3.05, 3.63) is 64.6 Å². The minimum absolute atomic E-state index is 1.04. The second-order valence-electron chi connectivity index (χ2n) is 7.54. The van der Waals surface area contributed by atoms with Crippen molar-refractivity contribution in [3.63, 3.8) is 0 Å². The molecule has 0 saturated heterocycles. The van der Waals surface area contributed by atoms with Gasteiger partial charge in [-0.1, -0.05) is 11.6 Å². The molecule has 0 amide bonds. The number of likely N-dealkylation sites (N-methyl/N-ethyl adjacent to an activating group) is 1. The lowest BCUT2D eigenvalue weighted by atomic mass is 9.83. The average Bonchev–Trinajstić information content (AvgIpc) is 2.89. The first-order valence-electron chi connectivity index (χ1n) is 9.08. The van der Waals surface area contributed by atoms with Crippen LogP contribution in [0.5, 0.6) is 0 Å². The Kier molecular flexibility index (Phi) is 3.16. The number of fused-ring (bicyclic) bond motifs is 4. The molecule has 0 unspecified atom stereocenters. The van der Waals surface area contributed by atoms with Gasteiger partial charge in [-0.05, 0) is 61.4 Å². The number of allylic oxidation sites excluding steroid dienone is 2. The number of aromatic nitrogens is 2. The van der Waals surface area contributed by atoms with E-state index in [1.807, 2.05) is 12.4 Å². The van der Waals surface area contributed by atoms with Crippen LogP contribution in [-0.4, -0.2) is 28.0 Å². The van der Waals surface area contributed by atoms with Crippen LogP contribution < -0.4 is 0 Å². The van der Waals surface area contributed by atoms with Gasteiger partial charge in [0.25, 0.3) is 0 Å². The summed E-state index contributed by atoms with van der Waals surface area (Å²) in [6, 6.07) is 9.07. The van der Waals surface area contributed by atoms with E-state index in [0.29, 0.717) is 0 Å². The molecule has 3 heteroatoms. The number of nitrogens with zero attached hydrogens (tertiary/aromatic N) is 3. The Bertz CT molecular complexity index is 1040. The highest BCUT2D eigenvalue weighted by Gasteiger charge is 2.27. The first-order chi connectivity index (χ1) is 12.1. The smallest absolute Gasteiger partial charge is 0.0531 e. The lowest BCUT2D eigenvalue weighted by Gasteiger charge is -2.28. The van der Waals surface area contributed by atoms with Gasteiger partial charge in [-0.15, -0.1) is 0 Å². The van der Waals surface area contributed by atoms with Gasteiger partial charge < -0.3 is 9.47 Å². The predicted octanol–water partition coefficient (Wildman–Crippen LogP) is 4.28. The molecule has 2 aromatic heterocycles. The Balaban J connectivity index is 1.78. The molecular formula is C22H23N3. The first-order valence-corrected chi connectivity index (χ1v) is 9.08. The molecule has 0 N–H and O–H groups in total. The predicted molar refractivity (Wildman–Crippen MR) is 103 cm³/mol. The van der Waals surface area contributed by atoms with E-state index in [2.05, 4.69) is 59.6 Å². The van der Waals surface area contributed by atoms with Crippen molar-refractivity contribution in [1.29, 1.82) is 0 Å². The zero-order valence-corrected chi connectivity index (χ0v) is 15.1. The summed E-state index contributed by atoms with van der Waals surface area (Å²) < 4.78 is 2.54. The van der Waals surface area contributed by atoms with Crippen LogP contribution in [0.2, 0.25) is 0 Å². The standard InChI is InChI=1S/C22H23N3/c1-14-4-5-21-19(10-14)20-13-24(3)9-7-22(20)25(21)15(2)18-11-16-12-23-8-6-17(16)18/h4-6,8,10,12H,7,9,11,13H2,1-3H3/b18-15+. The molecule has 0 saturated carbocycles. The Morgan fingerprint density at radius 2 is 2.08 bits per heavy atom. The molecule has 3 nitrogen and oxygen atoms in total. The van der Waals surface area contributed by atoms with E-state index in [1.54, 1.807) is 0 Å².